The van der Waals surface area contributed by atoms with E-state index in [1.165, 1.54) is 0 Å². The number of hydrogen-bond acceptors (Lipinski definition) is 6. The van der Waals surface area contributed by atoms with Gasteiger partial charge in [-0.25, -0.2) is 0 Å². The van der Waals surface area contributed by atoms with Crippen molar-refractivity contribution >= 4 is 34.5 Å². The fraction of sp³-hybridized carbons (Fsp3) is 0.517. The number of hydrogen-bond donors (Lipinski definition) is 5. The zero-order chi connectivity index (χ0) is 29.1. The van der Waals surface area contributed by atoms with Gasteiger partial charge in [0.05, 0.1) is 13.2 Å². The third kappa shape index (κ3) is 6.08. The van der Waals surface area contributed by atoms with Crippen molar-refractivity contribution in [2.24, 2.45) is 11.8 Å². The summed E-state index contributed by atoms with van der Waals surface area (Å²) >= 11 is 0. The lowest BCUT2D eigenvalue weighted by Crippen LogP contribution is -2.55. The minimum Gasteiger partial charge on any atom is -0.496 e. The second kappa shape index (κ2) is 12.0. The van der Waals surface area contributed by atoms with E-state index in [1.807, 2.05) is 45.9 Å². The number of methoxy groups -OCH3 is 1. The molecular weight excluding hydrogens is 512 g/mol. The van der Waals surface area contributed by atoms with Gasteiger partial charge >= 0.3 is 0 Å². The van der Waals surface area contributed by atoms with E-state index in [-0.39, 0.29) is 29.6 Å². The summed E-state index contributed by atoms with van der Waals surface area (Å²) in [6, 6.07) is 5.63. The Labute approximate surface area is 234 Å². The van der Waals surface area contributed by atoms with E-state index >= 15 is 0 Å². The van der Waals surface area contributed by atoms with Gasteiger partial charge in [-0.1, -0.05) is 19.9 Å². The lowest BCUT2D eigenvalue weighted by Gasteiger charge is -2.29. The van der Waals surface area contributed by atoms with Crippen molar-refractivity contribution in [2.45, 2.75) is 71.2 Å². The van der Waals surface area contributed by atoms with Gasteiger partial charge in [-0.15, -0.1) is 0 Å². The lowest BCUT2D eigenvalue weighted by molar-refractivity contribution is -0.126. The highest BCUT2D eigenvalue weighted by Crippen LogP contribution is 2.29. The molecule has 2 saturated heterocycles. The van der Waals surface area contributed by atoms with Crippen LogP contribution in [0.4, 0.5) is 0 Å². The second-order valence-corrected chi connectivity index (χ2v) is 11.2. The summed E-state index contributed by atoms with van der Waals surface area (Å²) < 4.78 is 11.4. The number of fused-ring (bicyclic) bond motifs is 1. The Morgan fingerprint density at radius 1 is 1.25 bits per heavy atom. The predicted molar refractivity (Wildman–Crippen MR) is 152 cm³/mol. The molecule has 2 aromatic rings. The maximum absolute atomic E-state index is 13.7. The number of aromatic nitrogens is 1. The molecule has 11 heteroatoms. The van der Waals surface area contributed by atoms with Crippen LogP contribution in [0, 0.1) is 17.2 Å². The number of benzene rings is 1. The van der Waals surface area contributed by atoms with Gasteiger partial charge in [-0.2, -0.15) is 0 Å². The number of H-pyrrole nitrogens is 1. The molecule has 4 unspecified atom stereocenters. The van der Waals surface area contributed by atoms with Crippen LogP contribution >= 0.6 is 0 Å². The van der Waals surface area contributed by atoms with Gasteiger partial charge in [0.1, 0.15) is 23.3 Å². The first-order valence-electron chi connectivity index (χ1n) is 13.8. The standard InChI is InChI=1S/C29H40N6O5/c1-15(2)12-22(34-29(38)23-14-19-20(32-23)8-7-9-24(19)39-6)28(37)33-21(13-18-10-11-31-27(18)36)25-26(30)35(16(3)4)17(5)40-25/h7-9,14-16,18,21-22,25,30,32H,5,10-13H2,1-4,6H3,(H,31,36)(H,33,37)(H,34,38). The highest BCUT2D eigenvalue weighted by atomic mass is 16.5. The van der Waals surface area contributed by atoms with E-state index in [9.17, 15) is 14.4 Å². The van der Waals surface area contributed by atoms with Gasteiger partial charge < -0.3 is 30.4 Å². The first-order chi connectivity index (χ1) is 19.0. The third-order valence-corrected chi connectivity index (χ3v) is 7.39. The molecule has 0 saturated carbocycles. The summed E-state index contributed by atoms with van der Waals surface area (Å²) in [7, 11) is 1.57. The quantitative estimate of drug-likeness (QED) is 0.289. The average molecular weight is 553 g/mol. The van der Waals surface area contributed by atoms with Crippen molar-refractivity contribution in [3.8, 4) is 5.75 Å². The number of carbonyl (C=O) groups is 3. The Balaban J connectivity index is 1.55. The van der Waals surface area contributed by atoms with Crippen LogP contribution in [0.2, 0.25) is 0 Å². The minimum absolute atomic E-state index is 0.0564. The molecule has 2 fully saturated rings. The number of amidine groups is 1. The molecule has 4 atom stereocenters. The number of rotatable bonds is 11. The van der Waals surface area contributed by atoms with Crippen LogP contribution in [0.3, 0.4) is 0 Å². The van der Waals surface area contributed by atoms with Crippen LogP contribution in [0.1, 0.15) is 57.4 Å². The molecule has 3 heterocycles. The number of nitrogens with zero attached hydrogens (tertiary/aromatic N) is 1. The fourth-order valence-electron chi connectivity index (χ4n) is 5.45. The van der Waals surface area contributed by atoms with Gasteiger partial charge in [0.15, 0.2) is 12.0 Å². The molecule has 40 heavy (non-hydrogen) atoms. The maximum Gasteiger partial charge on any atom is 0.268 e. The van der Waals surface area contributed by atoms with Crippen LogP contribution in [-0.4, -0.2) is 71.3 Å². The van der Waals surface area contributed by atoms with Gasteiger partial charge in [0.25, 0.3) is 5.91 Å². The molecule has 11 nitrogen and oxygen atoms in total. The second-order valence-electron chi connectivity index (χ2n) is 11.2. The molecule has 0 bridgehead atoms. The Morgan fingerprint density at radius 2 is 2.00 bits per heavy atom. The van der Waals surface area contributed by atoms with Crippen molar-refractivity contribution in [3.63, 3.8) is 0 Å². The molecule has 3 amide bonds. The van der Waals surface area contributed by atoms with Gasteiger partial charge in [-0.05, 0) is 63.8 Å². The minimum atomic E-state index is -0.847. The largest absolute Gasteiger partial charge is 0.496 e. The van der Waals surface area contributed by atoms with Crippen molar-refractivity contribution < 1.29 is 23.9 Å². The summed E-state index contributed by atoms with van der Waals surface area (Å²) in [6.45, 7) is 12.3. The Kier molecular flexibility index (Phi) is 8.70. The molecule has 4 rings (SSSR count). The van der Waals surface area contributed by atoms with Crippen molar-refractivity contribution in [2.75, 3.05) is 13.7 Å². The normalized spacial score (nSPS) is 20.6. The first kappa shape index (κ1) is 29.0. The zero-order valence-electron chi connectivity index (χ0n) is 23.8. The molecule has 2 aliphatic rings. The van der Waals surface area contributed by atoms with Gasteiger partial charge in [0.2, 0.25) is 11.8 Å². The Bertz CT molecular complexity index is 1300. The zero-order valence-corrected chi connectivity index (χ0v) is 23.8. The molecule has 0 spiro atoms. The van der Waals surface area contributed by atoms with E-state index in [4.69, 9.17) is 14.9 Å². The van der Waals surface area contributed by atoms with Gasteiger partial charge in [-0.3, -0.25) is 24.7 Å². The van der Waals surface area contributed by atoms with Crippen LogP contribution < -0.4 is 20.7 Å². The summed E-state index contributed by atoms with van der Waals surface area (Å²) in [5, 5.41) is 18.3. The molecular formula is C29H40N6O5. The fourth-order valence-corrected chi connectivity index (χ4v) is 5.45. The van der Waals surface area contributed by atoms with Crippen LogP contribution in [0.25, 0.3) is 10.9 Å². The van der Waals surface area contributed by atoms with Crippen LogP contribution in [-0.2, 0) is 14.3 Å². The van der Waals surface area contributed by atoms with Gasteiger partial charge in [0, 0.05) is 29.4 Å². The molecule has 0 aliphatic carbocycles. The van der Waals surface area contributed by atoms with Crippen molar-refractivity contribution in [1.82, 2.24) is 25.8 Å². The molecule has 5 N–H and O–H groups in total. The summed E-state index contributed by atoms with van der Waals surface area (Å²) in [5.74, 6) is 0.0436. The topological polar surface area (TPSA) is 149 Å². The Hall–Kier alpha value is -4.02. The average Bonchev–Trinajstić information content (AvgIpc) is 3.59. The molecule has 0 radical (unpaired) electrons. The molecule has 1 aromatic heterocycles. The van der Waals surface area contributed by atoms with E-state index in [0.29, 0.717) is 43.1 Å². The summed E-state index contributed by atoms with van der Waals surface area (Å²) in [4.78, 5) is 44.2. The highest BCUT2D eigenvalue weighted by molar-refractivity contribution is 6.01. The van der Waals surface area contributed by atoms with Crippen molar-refractivity contribution in [1.29, 1.82) is 5.41 Å². The number of carbonyl (C=O) groups excluding carboxylic acids is 3. The molecule has 1 aromatic carbocycles. The SMILES string of the molecule is C=C1OC(C(CC2CCNC2=O)NC(=O)C(CC(C)C)NC(=O)c2cc3c(OC)cccc3[nH]2)C(=N)N1C(C)C. The number of amides is 3. The Morgan fingerprint density at radius 3 is 2.60 bits per heavy atom. The monoisotopic (exact) mass is 552 g/mol. The third-order valence-electron chi connectivity index (χ3n) is 7.39. The predicted octanol–water partition coefficient (Wildman–Crippen LogP) is 2.89. The lowest BCUT2D eigenvalue weighted by atomic mass is 9.93. The molecule has 216 valence electrons. The number of ether oxygens (including phenoxy) is 2. The summed E-state index contributed by atoms with van der Waals surface area (Å²) in [6.07, 6.45) is 0.527. The molecule has 2 aliphatic heterocycles. The number of nitrogens with one attached hydrogen (secondary N) is 5. The van der Waals surface area contributed by atoms with E-state index in [1.54, 1.807) is 18.1 Å². The first-order valence-corrected chi connectivity index (χ1v) is 13.8. The highest BCUT2D eigenvalue weighted by Gasteiger charge is 2.43. The van der Waals surface area contributed by atoms with Crippen LogP contribution in [0.15, 0.2) is 36.7 Å². The maximum atomic E-state index is 13.7. The van der Waals surface area contributed by atoms with E-state index in [0.717, 1.165) is 10.9 Å². The van der Waals surface area contributed by atoms with Crippen molar-refractivity contribution in [3.05, 3.63) is 42.4 Å². The summed E-state index contributed by atoms with van der Waals surface area (Å²) in [5.41, 5.74) is 1.06. The smallest absolute Gasteiger partial charge is 0.268 e. The number of aromatic amines is 1. The van der Waals surface area contributed by atoms with Crippen LogP contribution in [0.5, 0.6) is 5.75 Å². The van der Waals surface area contributed by atoms with E-state index in [2.05, 4.69) is 27.5 Å². The van der Waals surface area contributed by atoms with E-state index < -0.39 is 30.0 Å².